The lowest BCUT2D eigenvalue weighted by molar-refractivity contribution is 0.0162. The number of carbonyl (C=O) groups excluding carboxylic acids is 1. The van der Waals surface area contributed by atoms with Crippen LogP contribution in [0.3, 0.4) is 0 Å². The van der Waals surface area contributed by atoms with Crippen molar-refractivity contribution in [2.45, 2.75) is 45.7 Å². The standard InChI is InChI=1S/C27H37N5O4/c1-17(2)22-14-20(21-15-29-32(18(3)4)26(21)30-22)27(33)28-16-23(31-9-11-36-12-10-31)19-7-8-24(34-5)25(13-19)35-6/h7-8,13-15,17-18,23H,9-12,16H2,1-6H3,(H,28,33). The highest BCUT2D eigenvalue weighted by Crippen LogP contribution is 2.32. The number of hydrogen-bond acceptors (Lipinski definition) is 7. The molecule has 1 aromatic carbocycles. The fourth-order valence-electron chi connectivity index (χ4n) is 4.59. The van der Waals surface area contributed by atoms with Gasteiger partial charge in [-0.25, -0.2) is 9.67 Å². The highest BCUT2D eigenvalue weighted by molar-refractivity contribution is 6.05. The van der Waals surface area contributed by atoms with Gasteiger partial charge >= 0.3 is 0 Å². The molecular weight excluding hydrogens is 458 g/mol. The first-order chi connectivity index (χ1) is 17.3. The summed E-state index contributed by atoms with van der Waals surface area (Å²) in [5.41, 5.74) is 3.26. The van der Waals surface area contributed by atoms with Crippen LogP contribution in [0.15, 0.2) is 30.5 Å². The Hall–Kier alpha value is -3.17. The number of fused-ring (bicyclic) bond motifs is 1. The molecule has 0 bridgehead atoms. The minimum Gasteiger partial charge on any atom is -0.493 e. The number of benzene rings is 1. The average molecular weight is 496 g/mol. The van der Waals surface area contributed by atoms with Gasteiger partial charge in [-0.2, -0.15) is 5.10 Å². The number of amides is 1. The highest BCUT2D eigenvalue weighted by atomic mass is 16.5. The summed E-state index contributed by atoms with van der Waals surface area (Å²) in [5.74, 6) is 1.39. The molecule has 1 aliphatic rings. The van der Waals surface area contributed by atoms with Gasteiger partial charge in [0.15, 0.2) is 17.1 Å². The molecule has 1 atom stereocenters. The number of rotatable bonds is 9. The van der Waals surface area contributed by atoms with Crippen LogP contribution in [0.1, 0.15) is 67.3 Å². The van der Waals surface area contributed by atoms with E-state index in [9.17, 15) is 4.79 Å². The average Bonchev–Trinajstić information content (AvgIpc) is 3.33. The molecule has 194 valence electrons. The smallest absolute Gasteiger partial charge is 0.252 e. The summed E-state index contributed by atoms with van der Waals surface area (Å²) in [6.07, 6.45) is 1.75. The van der Waals surface area contributed by atoms with Gasteiger partial charge < -0.3 is 19.5 Å². The molecule has 9 heteroatoms. The first kappa shape index (κ1) is 25.9. The van der Waals surface area contributed by atoms with Crippen LogP contribution < -0.4 is 14.8 Å². The van der Waals surface area contributed by atoms with E-state index in [1.165, 1.54) is 0 Å². The van der Waals surface area contributed by atoms with Gasteiger partial charge in [0, 0.05) is 31.4 Å². The minimum absolute atomic E-state index is 0.0436. The Kier molecular flexibility index (Phi) is 8.11. The molecule has 0 aliphatic carbocycles. The van der Waals surface area contributed by atoms with E-state index in [4.69, 9.17) is 19.2 Å². The predicted molar refractivity (Wildman–Crippen MR) is 139 cm³/mol. The van der Waals surface area contributed by atoms with Crippen molar-refractivity contribution in [3.8, 4) is 11.5 Å². The summed E-state index contributed by atoms with van der Waals surface area (Å²) in [6.45, 7) is 11.6. The van der Waals surface area contributed by atoms with Crippen molar-refractivity contribution in [2.75, 3.05) is 47.1 Å². The maximum absolute atomic E-state index is 13.6. The van der Waals surface area contributed by atoms with Gasteiger partial charge in [-0.1, -0.05) is 19.9 Å². The van der Waals surface area contributed by atoms with Crippen LogP contribution in [-0.4, -0.2) is 72.6 Å². The second-order valence-electron chi connectivity index (χ2n) is 9.66. The van der Waals surface area contributed by atoms with E-state index in [1.807, 2.05) is 28.9 Å². The molecule has 2 aromatic heterocycles. The summed E-state index contributed by atoms with van der Waals surface area (Å²) in [7, 11) is 3.25. The summed E-state index contributed by atoms with van der Waals surface area (Å²) in [6, 6.07) is 7.92. The molecule has 1 fully saturated rings. The zero-order valence-corrected chi connectivity index (χ0v) is 22.1. The van der Waals surface area contributed by atoms with E-state index in [0.29, 0.717) is 36.8 Å². The monoisotopic (exact) mass is 495 g/mol. The second kappa shape index (κ2) is 11.3. The second-order valence-corrected chi connectivity index (χ2v) is 9.66. The van der Waals surface area contributed by atoms with Crippen LogP contribution in [0, 0.1) is 0 Å². The number of morpholine rings is 1. The Morgan fingerprint density at radius 3 is 2.44 bits per heavy atom. The molecule has 1 N–H and O–H groups in total. The molecule has 4 rings (SSSR count). The van der Waals surface area contributed by atoms with Gasteiger partial charge in [-0.05, 0) is 43.5 Å². The number of nitrogens with zero attached hydrogens (tertiary/aromatic N) is 4. The number of methoxy groups -OCH3 is 2. The van der Waals surface area contributed by atoms with Crippen LogP contribution >= 0.6 is 0 Å². The zero-order valence-electron chi connectivity index (χ0n) is 22.1. The largest absolute Gasteiger partial charge is 0.493 e. The molecule has 0 saturated carbocycles. The molecule has 3 heterocycles. The Balaban J connectivity index is 1.65. The number of hydrogen-bond donors (Lipinski definition) is 1. The summed E-state index contributed by atoms with van der Waals surface area (Å²) in [5, 5.41) is 8.48. The van der Waals surface area contributed by atoms with Crippen molar-refractivity contribution < 1.29 is 19.0 Å². The van der Waals surface area contributed by atoms with Crippen molar-refractivity contribution >= 4 is 16.9 Å². The Labute approximate surface area is 212 Å². The van der Waals surface area contributed by atoms with Gasteiger partial charge in [0.05, 0.1) is 50.6 Å². The Morgan fingerprint density at radius 1 is 1.08 bits per heavy atom. The number of ether oxygens (including phenoxy) is 3. The molecule has 9 nitrogen and oxygen atoms in total. The number of pyridine rings is 1. The van der Waals surface area contributed by atoms with Crippen molar-refractivity contribution in [1.82, 2.24) is 25.0 Å². The Morgan fingerprint density at radius 2 is 1.81 bits per heavy atom. The number of carbonyl (C=O) groups is 1. The van der Waals surface area contributed by atoms with E-state index in [-0.39, 0.29) is 23.9 Å². The first-order valence-corrected chi connectivity index (χ1v) is 12.5. The summed E-state index contributed by atoms with van der Waals surface area (Å²) >= 11 is 0. The molecule has 1 amide bonds. The van der Waals surface area contributed by atoms with Crippen LogP contribution in [0.2, 0.25) is 0 Å². The summed E-state index contributed by atoms with van der Waals surface area (Å²) in [4.78, 5) is 20.8. The third-order valence-electron chi connectivity index (χ3n) is 6.65. The molecule has 0 spiro atoms. The molecule has 1 aliphatic heterocycles. The molecule has 3 aromatic rings. The van der Waals surface area contributed by atoms with Crippen molar-refractivity contribution in [3.05, 3.63) is 47.3 Å². The van der Waals surface area contributed by atoms with E-state index in [0.717, 1.165) is 35.4 Å². The van der Waals surface area contributed by atoms with Gasteiger partial charge in [0.1, 0.15) is 0 Å². The predicted octanol–water partition coefficient (Wildman–Crippen LogP) is 3.96. The van der Waals surface area contributed by atoms with E-state index in [1.54, 1.807) is 20.4 Å². The van der Waals surface area contributed by atoms with Crippen LogP contribution in [0.5, 0.6) is 11.5 Å². The SMILES string of the molecule is COc1ccc(C(CNC(=O)c2cc(C(C)C)nc3c2cnn3C(C)C)N2CCOCC2)cc1OC. The highest BCUT2D eigenvalue weighted by Gasteiger charge is 2.26. The van der Waals surface area contributed by atoms with Gasteiger partial charge in [-0.3, -0.25) is 9.69 Å². The van der Waals surface area contributed by atoms with Crippen molar-refractivity contribution in [1.29, 1.82) is 0 Å². The lowest BCUT2D eigenvalue weighted by atomic mass is 10.0. The minimum atomic E-state index is -0.133. The van der Waals surface area contributed by atoms with Gasteiger partial charge in [-0.15, -0.1) is 0 Å². The molecule has 1 saturated heterocycles. The van der Waals surface area contributed by atoms with Crippen molar-refractivity contribution in [3.63, 3.8) is 0 Å². The van der Waals surface area contributed by atoms with Crippen LogP contribution in [-0.2, 0) is 4.74 Å². The molecule has 0 radical (unpaired) electrons. The maximum Gasteiger partial charge on any atom is 0.252 e. The quantitative estimate of drug-likeness (QED) is 0.481. The Bertz CT molecular complexity index is 1200. The van der Waals surface area contributed by atoms with Gasteiger partial charge in [0.25, 0.3) is 5.91 Å². The normalized spacial score (nSPS) is 15.4. The lowest BCUT2D eigenvalue weighted by Gasteiger charge is -2.35. The zero-order chi connectivity index (χ0) is 25.8. The van der Waals surface area contributed by atoms with E-state index >= 15 is 0 Å². The fraction of sp³-hybridized carbons (Fsp3) is 0.519. The van der Waals surface area contributed by atoms with E-state index < -0.39 is 0 Å². The number of nitrogens with one attached hydrogen (secondary N) is 1. The third-order valence-corrected chi connectivity index (χ3v) is 6.65. The first-order valence-electron chi connectivity index (χ1n) is 12.5. The topological polar surface area (TPSA) is 90.7 Å². The molecule has 1 unspecified atom stereocenters. The molecule has 36 heavy (non-hydrogen) atoms. The third kappa shape index (κ3) is 5.32. The fourth-order valence-corrected chi connectivity index (χ4v) is 4.59. The lowest BCUT2D eigenvalue weighted by Crippen LogP contribution is -2.43. The number of aromatic nitrogens is 3. The van der Waals surface area contributed by atoms with Crippen LogP contribution in [0.25, 0.3) is 11.0 Å². The van der Waals surface area contributed by atoms with Crippen molar-refractivity contribution in [2.24, 2.45) is 0 Å². The van der Waals surface area contributed by atoms with Gasteiger partial charge in [0.2, 0.25) is 0 Å². The molecular formula is C27H37N5O4. The van der Waals surface area contributed by atoms with Crippen LogP contribution in [0.4, 0.5) is 0 Å². The maximum atomic E-state index is 13.6. The van der Waals surface area contributed by atoms with E-state index in [2.05, 4.69) is 43.0 Å². The summed E-state index contributed by atoms with van der Waals surface area (Å²) < 4.78 is 18.4.